The Kier molecular flexibility index (Phi) is 4.28. The third kappa shape index (κ3) is 2.81. The second-order valence-corrected chi connectivity index (χ2v) is 9.46. The van der Waals surface area contributed by atoms with Crippen molar-refractivity contribution in [2.45, 2.75) is 35.6 Å². The van der Waals surface area contributed by atoms with Gasteiger partial charge in [-0.05, 0) is 73.0 Å². The molecule has 2 aromatic carbocycles. The van der Waals surface area contributed by atoms with Gasteiger partial charge in [0.2, 0.25) is 9.84 Å². The largest absolute Gasteiger partial charge is 0.381 e. The molecule has 1 fully saturated rings. The van der Waals surface area contributed by atoms with Crippen molar-refractivity contribution in [2.24, 2.45) is 11.8 Å². The van der Waals surface area contributed by atoms with Gasteiger partial charge in [0.1, 0.15) is 5.82 Å². The molecule has 0 aromatic heterocycles. The first-order valence-electron chi connectivity index (χ1n) is 9.00. The van der Waals surface area contributed by atoms with E-state index in [1.165, 1.54) is 24.3 Å². The van der Waals surface area contributed by atoms with E-state index in [-0.39, 0.29) is 15.7 Å². The monoisotopic (exact) mass is 374 g/mol. The van der Waals surface area contributed by atoms with Crippen LogP contribution in [0.5, 0.6) is 0 Å². The smallest absolute Gasteiger partial charge is 0.206 e. The quantitative estimate of drug-likeness (QED) is 0.791. The van der Waals surface area contributed by atoms with Crippen molar-refractivity contribution in [3.8, 4) is 0 Å². The van der Waals surface area contributed by atoms with Crippen LogP contribution in [0.15, 0.2) is 52.3 Å². The van der Waals surface area contributed by atoms with E-state index in [0.29, 0.717) is 17.9 Å². The molecule has 0 amide bonds. The Bertz CT molecular complexity index is 927. The van der Waals surface area contributed by atoms with Crippen LogP contribution >= 0.6 is 0 Å². The topological polar surface area (TPSA) is 58.2 Å². The van der Waals surface area contributed by atoms with Crippen molar-refractivity contribution < 1.29 is 12.8 Å². The summed E-state index contributed by atoms with van der Waals surface area (Å²) in [5.41, 5.74) is 2.10. The maximum Gasteiger partial charge on any atom is 0.206 e. The van der Waals surface area contributed by atoms with E-state index in [4.69, 9.17) is 0 Å². The zero-order valence-electron chi connectivity index (χ0n) is 14.9. The predicted molar refractivity (Wildman–Crippen MR) is 99.6 cm³/mol. The lowest BCUT2D eigenvalue weighted by molar-refractivity contribution is 0.402. The molecule has 4 rings (SSSR count). The fourth-order valence-electron chi connectivity index (χ4n) is 4.28. The lowest BCUT2D eigenvalue weighted by Crippen LogP contribution is -2.32. The van der Waals surface area contributed by atoms with Crippen molar-refractivity contribution in [2.75, 3.05) is 18.4 Å². The van der Waals surface area contributed by atoms with Gasteiger partial charge in [0.15, 0.2) is 0 Å². The number of nitrogens with one attached hydrogen (secondary N) is 2. The van der Waals surface area contributed by atoms with Crippen molar-refractivity contribution in [3.05, 3.63) is 53.8 Å². The van der Waals surface area contributed by atoms with Gasteiger partial charge in [0.25, 0.3) is 0 Å². The lowest BCUT2D eigenvalue weighted by atomic mass is 9.81. The highest BCUT2D eigenvalue weighted by molar-refractivity contribution is 7.91. The van der Waals surface area contributed by atoms with E-state index < -0.39 is 15.7 Å². The van der Waals surface area contributed by atoms with E-state index >= 15 is 0 Å². The molecular formula is C20H23FN2O2S. The molecule has 4 nitrogen and oxygen atoms in total. The fourth-order valence-corrected chi connectivity index (χ4v) is 5.57. The summed E-state index contributed by atoms with van der Waals surface area (Å²) >= 11 is 0. The minimum absolute atomic E-state index is 0.116. The maximum atomic E-state index is 13.2. The molecule has 4 atom stereocenters. The summed E-state index contributed by atoms with van der Waals surface area (Å²) in [4.78, 5) is 0.382. The Balaban J connectivity index is 1.77. The molecule has 2 heterocycles. The van der Waals surface area contributed by atoms with E-state index in [1.54, 1.807) is 12.1 Å². The van der Waals surface area contributed by atoms with E-state index in [1.807, 2.05) is 6.07 Å². The van der Waals surface area contributed by atoms with Crippen LogP contribution in [0.3, 0.4) is 0 Å². The number of fused-ring (bicyclic) bond motifs is 3. The van der Waals surface area contributed by atoms with E-state index in [2.05, 4.69) is 24.5 Å². The molecule has 2 aliphatic rings. The van der Waals surface area contributed by atoms with Gasteiger partial charge in [-0.25, -0.2) is 12.8 Å². The Hall–Kier alpha value is -1.92. The summed E-state index contributed by atoms with van der Waals surface area (Å²) < 4.78 is 39.1. The van der Waals surface area contributed by atoms with Crippen molar-refractivity contribution in [1.29, 1.82) is 0 Å². The van der Waals surface area contributed by atoms with Gasteiger partial charge in [-0.3, -0.25) is 0 Å². The molecule has 1 saturated heterocycles. The van der Waals surface area contributed by atoms with Crippen LogP contribution in [0.25, 0.3) is 0 Å². The predicted octanol–water partition coefficient (Wildman–Crippen LogP) is 3.41. The van der Waals surface area contributed by atoms with Crippen LogP contribution in [0, 0.1) is 17.7 Å². The molecule has 0 spiro atoms. The number of anilines is 1. The zero-order chi connectivity index (χ0) is 18.5. The number of rotatable bonds is 2. The van der Waals surface area contributed by atoms with Gasteiger partial charge in [-0.1, -0.05) is 13.8 Å². The Morgan fingerprint density at radius 2 is 1.62 bits per heavy atom. The highest BCUT2D eigenvalue weighted by atomic mass is 32.2. The number of benzene rings is 2. The second kappa shape index (κ2) is 6.35. The zero-order valence-corrected chi connectivity index (χ0v) is 15.7. The van der Waals surface area contributed by atoms with Crippen LogP contribution in [0.2, 0.25) is 0 Å². The average Bonchev–Trinajstić information content (AvgIpc) is 2.94. The molecule has 26 heavy (non-hydrogen) atoms. The first-order valence-corrected chi connectivity index (χ1v) is 10.5. The van der Waals surface area contributed by atoms with Crippen LogP contribution in [-0.4, -0.2) is 27.5 Å². The first-order chi connectivity index (χ1) is 12.4. The molecule has 2 aromatic rings. The van der Waals surface area contributed by atoms with Crippen molar-refractivity contribution in [1.82, 2.24) is 5.32 Å². The fraction of sp³-hybridized carbons (Fsp3) is 0.400. The third-order valence-corrected chi connectivity index (χ3v) is 7.45. The van der Waals surface area contributed by atoms with Gasteiger partial charge in [-0.2, -0.15) is 0 Å². The summed E-state index contributed by atoms with van der Waals surface area (Å²) in [7, 11) is -3.67. The number of halogens is 1. The van der Waals surface area contributed by atoms with Crippen LogP contribution < -0.4 is 10.6 Å². The highest BCUT2D eigenvalue weighted by Gasteiger charge is 2.40. The van der Waals surface area contributed by atoms with E-state index in [0.717, 1.165) is 24.3 Å². The van der Waals surface area contributed by atoms with Crippen molar-refractivity contribution in [3.63, 3.8) is 0 Å². The Morgan fingerprint density at radius 1 is 0.962 bits per heavy atom. The summed E-state index contributed by atoms with van der Waals surface area (Å²) in [5.74, 6) is 0.689. The summed E-state index contributed by atoms with van der Waals surface area (Å²) in [6.07, 6.45) is 0. The SMILES string of the molecule is CC1CNCC(C)[C@@H]2Nc3ccc(S(=O)(=O)c4ccc(F)cc4)cc3[C@H]12. The number of sulfone groups is 1. The summed E-state index contributed by atoms with van der Waals surface area (Å²) in [6, 6.07) is 10.6. The molecular weight excluding hydrogens is 351 g/mol. The highest BCUT2D eigenvalue weighted by Crippen LogP contribution is 2.45. The van der Waals surface area contributed by atoms with Gasteiger partial charge >= 0.3 is 0 Å². The van der Waals surface area contributed by atoms with E-state index in [9.17, 15) is 12.8 Å². The second-order valence-electron chi connectivity index (χ2n) is 7.52. The first kappa shape index (κ1) is 17.5. The molecule has 0 saturated carbocycles. The molecule has 0 aliphatic carbocycles. The van der Waals surface area contributed by atoms with Gasteiger partial charge in [0.05, 0.1) is 9.79 Å². The normalized spacial score (nSPS) is 28.0. The molecule has 2 aliphatic heterocycles. The van der Waals surface area contributed by atoms with Crippen LogP contribution in [0.1, 0.15) is 25.3 Å². The van der Waals surface area contributed by atoms with Crippen molar-refractivity contribution >= 4 is 15.5 Å². The van der Waals surface area contributed by atoms with Crippen LogP contribution in [-0.2, 0) is 9.84 Å². The number of hydrogen-bond donors (Lipinski definition) is 2. The third-order valence-electron chi connectivity index (χ3n) is 5.68. The maximum absolute atomic E-state index is 13.2. The molecule has 2 N–H and O–H groups in total. The summed E-state index contributed by atoms with van der Waals surface area (Å²) in [5, 5.41) is 7.09. The van der Waals surface area contributed by atoms with Gasteiger partial charge in [-0.15, -0.1) is 0 Å². The molecule has 6 heteroatoms. The van der Waals surface area contributed by atoms with Gasteiger partial charge < -0.3 is 10.6 Å². The molecule has 0 bridgehead atoms. The molecule has 138 valence electrons. The van der Waals surface area contributed by atoms with Gasteiger partial charge in [0, 0.05) is 17.6 Å². The average molecular weight is 374 g/mol. The van der Waals surface area contributed by atoms with Crippen LogP contribution in [0.4, 0.5) is 10.1 Å². The minimum Gasteiger partial charge on any atom is -0.381 e. The molecule has 2 unspecified atom stereocenters. The molecule has 0 radical (unpaired) electrons. The lowest BCUT2D eigenvalue weighted by Gasteiger charge is -2.26. The standard InChI is InChI=1S/C20H23FN2O2S/c1-12-10-22-11-13(2)20-19(12)17-9-16(7-8-18(17)23-20)26(24,25)15-5-3-14(21)4-6-15/h3-9,12-13,19-20,22-23H,10-11H2,1-2H3/t12?,13?,19-,20-/m0/s1. The Morgan fingerprint density at radius 3 is 2.35 bits per heavy atom. The summed E-state index contributed by atoms with van der Waals surface area (Å²) in [6.45, 7) is 6.30. The Labute approximate surface area is 153 Å². The number of hydrogen-bond acceptors (Lipinski definition) is 4. The minimum atomic E-state index is -3.67.